The zero-order valence-corrected chi connectivity index (χ0v) is 16.3. The largest absolute Gasteiger partial charge is 0.311 e. The summed E-state index contributed by atoms with van der Waals surface area (Å²) in [5.74, 6) is 0. The van der Waals surface area contributed by atoms with Crippen LogP contribution >= 0.6 is 24.8 Å². The van der Waals surface area contributed by atoms with Gasteiger partial charge in [-0.05, 0) is 32.4 Å². The van der Waals surface area contributed by atoms with Crippen LogP contribution in [0.4, 0.5) is 0 Å². The highest BCUT2D eigenvalue weighted by molar-refractivity contribution is 7.89. The summed E-state index contributed by atoms with van der Waals surface area (Å²) in [6, 6.07) is 5.48. The summed E-state index contributed by atoms with van der Waals surface area (Å²) >= 11 is 0. The van der Waals surface area contributed by atoms with Crippen LogP contribution in [0, 0.1) is 6.92 Å². The lowest BCUT2D eigenvalue weighted by Gasteiger charge is -2.36. The molecule has 1 aromatic heterocycles. The van der Waals surface area contributed by atoms with Gasteiger partial charge in [0, 0.05) is 48.3 Å². The molecule has 1 saturated heterocycles. The first-order valence-corrected chi connectivity index (χ1v) is 8.94. The van der Waals surface area contributed by atoms with Crippen LogP contribution in [0.25, 0.3) is 10.8 Å². The van der Waals surface area contributed by atoms with Crippen molar-refractivity contribution in [3.63, 3.8) is 0 Å². The molecule has 0 aliphatic carbocycles. The Balaban J connectivity index is 0.00000144. The number of benzene rings is 1. The van der Waals surface area contributed by atoms with E-state index in [-0.39, 0.29) is 36.9 Å². The molecule has 134 valence electrons. The van der Waals surface area contributed by atoms with E-state index in [9.17, 15) is 8.42 Å². The summed E-state index contributed by atoms with van der Waals surface area (Å²) in [6.07, 6.45) is 3.43. The van der Waals surface area contributed by atoms with Gasteiger partial charge in [-0.3, -0.25) is 4.98 Å². The van der Waals surface area contributed by atoms with Crippen molar-refractivity contribution in [2.75, 3.05) is 13.1 Å². The number of hydrogen-bond donors (Lipinski definition) is 1. The number of aromatic nitrogens is 1. The summed E-state index contributed by atoms with van der Waals surface area (Å²) in [5, 5.41) is 4.95. The van der Waals surface area contributed by atoms with Crippen LogP contribution in [0.15, 0.2) is 35.5 Å². The fourth-order valence-corrected chi connectivity index (χ4v) is 5.04. The van der Waals surface area contributed by atoms with Gasteiger partial charge in [-0.2, -0.15) is 4.31 Å². The smallest absolute Gasteiger partial charge is 0.244 e. The number of nitrogens with one attached hydrogen (secondary N) is 1. The maximum atomic E-state index is 13.2. The van der Waals surface area contributed by atoms with Crippen molar-refractivity contribution >= 4 is 45.6 Å². The molecule has 0 radical (unpaired) electrons. The molecule has 0 bridgehead atoms. The minimum atomic E-state index is -3.53. The van der Waals surface area contributed by atoms with Crippen LogP contribution in [-0.4, -0.2) is 42.9 Å². The number of nitrogens with zero attached hydrogens (tertiary/aromatic N) is 2. The van der Waals surface area contributed by atoms with Crippen molar-refractivity contribution in [1.29, 1.82) is 0 Å². The number of aryl methyl sites for hydroxylation is 1. The van der Waals surface area contributed by atoms with E-state index < -0.39 is 10.0 Å². The molecule has 0 spiro atoms. The summed E-state index contributed by atoms with van der Waals surface area (Å²) in [5.41, 5.74) is 0.882. The summed E-state index contributed by atoms with van der Waals surface area (Å²) in [7, 11) is -3.53. The normalized spacial score (nSPS) is 21.8. The van der Waals surface area contributed by atoms with E-state index in [0.29, 0.717) is 18.0 Å². The van der Waals surface area contributed by atoms with Gasteiger partial charge in [0.1, 0.15) is 0 Å². The first-order chi connectivity index (χ1) is 10.4. The second kappa shape index (κ2) is 7.97. The first-order valence-electron chi connectivity index (χ1n) is 7.50. The number of hydrogen-bond acceptors (Lipinski definition) is 4. The maximum absolute atomic E-state index is 13.2. The molecular formula is C16H23Cl2N3O2S. The number of piperazine rings is 1. The predicted octanol–water partition coefficient (Wildman–Crippen LogP) is 2.76. The lowest BCUT2D eigenvalue weighted by molar-refractivity contribution is 0.245. The van der Waals surface area contributed by atoms with Crippen molar-refractivity contribution in [2.45, 2.75) is 37.8 Å². The zero-order chi connectivity index (χ0) is 15.9. The Hall–Kier alpha value is -0.920. The molecule has 0 unspecified atom stereocenters. The Morgan fingerprint density at radius 1 is 1.21 bits per heavy atom. The highest BCUT2D eigenvalue weighted by Gasteiger charge is 2.34. The molecule has 0 amide bonds. The van der Waals surface area contributed by atoms with Gasteiger partial charge in [0.2, 0.25) is 10.0 Å². The van der Waals surface area contributed by atoms with Gasteiger partial charge in [0.15, 0.2) is 0 Å². The molecule has 2 heterocycles. The molecule has 2 aromatic rings. The van der Waals surface area contributed by atoms with Crippen molar-refractivity contribution in [3.8, 4) is 0 Å². The Morgan fingerprint density at radius 3 is 2.62 bits per heavy atom. The Kier molecular flexibility index (Phi) is 7.02. The standard InChI is InChI=1S/C16H21N3O2S.2ClH/c1-11-7-17-9-14-5-4-6-15(16(11)14)22(20,21)19-10-12(2)18-8-13(19)3;;/h4-7,9,12-13,18H,8,10H2,1-3H3;2*1H/t12-,13-;;/m0../s1. The van der Waals surface area contributed by atoms with Gasteiger partial charge in [-0.15, -0.1) is 24.8 Å². The highest BCUT2D eigenvalue weighted by Crippen LogP contribution is 2.29. The Morgan fingerprint density at radius 2 is 1.92 bits per heavy atom. The van der Waals surface area contributed by atoms with E-state index in [1.807, 2.05) is 26.8 Å². The van der Waals surface area contributed by atoms with Crippen LogP contribution in [-0.2, 0) is 10.0 Å². The topological polar surface area (TPSA) is 62.3 Å². The van der Waals surface area contributed by atoms with Crippen LogP contribution in [0.3, 0.4) is 0 Å². The summed E-state index contributed by atoms with van der Waals surface area (Å²) < 4.78 is 28.0. The Labute approximate surface area is 155 Å². The SMILES string of the molecule is Cc1cncc2cccc(S(=O)(=O)N3C[C@H](C)NC[C@@H]3C)c12.Cl.Cl. The number of sulfonamides is 1. The molecule has 5 nitrogen and oxygen atoms in total. The predicted molar refractivity (Wildman–Crippen MR) is 102 cm³/mol. The van der Waals surface area contributed by atoms with Gasteiger partial charge in [-0.1, -0.05) is 12.1 Å². The molecule has 1 aliphatic rings. The van der Waals surface area contributed by atoms with E-state index in [2.05, 4.69) is 10.3 Å². The van der Waals surface area contributed by atoms with Crippen LogP contribution in [0.1, 0.15) is 19.4 Å². The van der Waals surface area contributed by atoms with E-state index in [1.165, 1.54) is 0 Å². The average Bonchev–Trinajstić information content (AvgIpc) is 2.49. The molecule has 0 saturated carbocycles. The van der Waals surface area contributed by atoms with Gasteiger partial charge in [0.25, 0.3) is 0 Å². The molecule has 2 atom stereocenters. The molecule has 1 fully saturated rings. The third kappa shape index (κ3) is 3.68. The third-order valence-corrected chi connectivity index (χ3v) is 6.25. The third-order valence-electron chi connectivity index (χ3n) is 4.23. The quantitative estimate of drug-likeness (QED) is 0.854. The van der Waals surface area contributed by atoms with Crippen molar-refractivity contribution in [1.82, 2.24) is 14.6 Å². The number of fused-ring (bicyclic) bond motifs is 1. The van der Waals surface area contributed by atoms with Crippen molar-refractivity contribution < 1.29 is 8.42 Å². The zero-order valence-electron chi connectivity index (χ0n) is 13.9. The number of rotatable bonds is 2. The van der Waals surface area contributed by atoms with Crippen molar-refractivity contribution in [2.24, 2.45) is 0 Å². The number of pyridine rings is 1. The fourth-order valence-electron chi connectivity index (χ4n) is 3.04. The van der Waals surface area contributed by atoms with Crippen LogP contribution in [0.5, 0.6) is 0 Å². The lowest BCUT2D eigenvalue weighted by Crippen LogP contribution is -2.56. The molecule has 3 rings (SSSR count). The lowest BCUT2D eigenvalue weighted by atomic mass is 10.1. The van der Waals surface area contributed by atoms with Gasteiger partial charge < -0.3 is 5.32 Å². The van der Waals surface area contributed by atoms with E-state index >= 15 is 0 Å². The minimum Gasteiger partial charge on any atom is -0.311 e. The summed E-state index contributed by atoms with van der Waals surface area (Å²) in [6.45, 7) is 7.01. The highest BCUT2D eigenvalue weighted by atomic mass is 35.5. The maximum Gasteiger partial charge on any atom is 0.244 e. The molecular weight excluding hydrogens is 369 g/mol. The minimum absolute atomic E-state index is 0. The van der Waals surface area contributed by atoms with Gasteiger partial charge in [0.05, 0.1) is 4.90 Å². The van der Waals surface area contributed by atoms with Gasteiger partial charge >= 0.3 is 0 Å². The van der Waals surface area contributed by atoms with Crippen molar-refractivity contribution in [3.05, 3.63) is 36.2 Å². The monoisotopic (exact) mass is 391 g/mol. The second-order valence-corrected chi connectivity index (χ2v) is 7.90. The molecule has 1 N–H and O–H groups in total. The van der Waals surface area contributed by atoms with Crippen LogP contribution in [0.2, 0.25) is 0 Å². The molecule has 8 heteroatoms. The molecule has 1 aliphatic heterocycles. The van der Waals surface area contributed by atoms with E-state index in [1.54, 1.807) is 28.8 Å². The average molecular weight is 392 g/mol. The summed E-state index contributed by atoms with van der Waals surface area (Å²) in [4.78, 5) is 4.54. The fraction of sp³-hybridized carbons (Fsp3) is 0.438. The second-order valence-electron chi connectivity index (χ2n) is 6.04. The number of halogens is 2. The van der Waals surface area contributed by atoms with Gasteiger partial charge in [-0.25, -0.2) is 8.42 Å². The Bertz CT molecular complexity index is 809. The molecule has 24 heavy (non-hydrogen) atoms. The molecule has 1 aromatic carbocycles. The first kappa shape index (κ1) is 21.1. The van der Waals surface area contributed by atoms with E-state index in [4.69, 9.17) is 0 Å². The van der Waals surface area contributed by atoms with Crippen LogP contribution < -0.4 is 5.32 Å². The van der Waals surface area contributed by atoms with E-state index in [0.717, 1.165) is 16.3 Å².